The number of ether oxygens (including phenoxy) is 1. The average molecular weight is 300 g/mol. The van der Waals surface area contributed by atoms with E-state index >= 15 is 0 Å². The van der Waals surface area contributed by atoms with E-state index in [1.807, 2.05) is 30.3 Å². The van der Waals surface area contributed by atoms with E-state index in [0.717, 1.165) is 11.3 Å². The molecule has 2 heterocycles. The molecule has 0 aliphatic rings. The average Bonchev–Trinajstić information content (AvgIpc) is 2.93. The molecule has 0 atom stereocenters. The molecule has 3 rings (SSSR count). The molecule has 6 nitrogen and oxygen atoms in total. The van der Waals surface area contributed by atoms with Crippen molar-refractivity contribution in [2.75, 3.05) is 12.8 Å². The highest BCUT2D eigenvalue weighted by Gasteiger charge is 2.10. The van der Waals surface area contributed by atoms with Gasteiger partial charge in [-0.05, 0) is 24.3 Å². The molecule has 1 aromatic carbocycles. The van der Waals surface area contributed by atoms with Crippen molar-refractivity contribution in [1.29, 1.82) is 0 Å². The number of hydrogen-bond donors (Lipinski definition) is 2. The van der Waals surface area contributed by atoms with E-state index in [1.165, 1.54) is 11.3 Å². The molecule has 3 aromatic rings. The number of aromatic nitrogens is 3. The first-order chi connectivity index (χ1) is 10.2. The minimum absolute atomic E-state index is 0.230. The lowest BCUT2D eigenvalue weighted by atomic mass is 10.1. The molecule has 0 radical (unpaired) electrons. The van der Waals surface area contributed by atoms with Crippen LogP contribution in [0.3, 0.4) is 0 Å². The molecule has 0 aliphatic carbocycles. The van der Waals surface area contributed by atoms with Crippen LogP contribution in [-0.2, 0) is 0 Å². The van der Waals surface area contributed by atoms with Crippen LogP contribution in [0.5, 0.6) is 5.75 Å². The lowest BCUT2D eigenvalue weighted by Gasteiger charge is -2.05. The molecule has 0 bridgehead atoms. The molecule has 0 fully saturated rings. The summed E-state index contributed by atoms with van der Waals surface area (Å²) in [5.74, 6) is 0.731. The van der Waals surface area contributed by atoms with Crippen LogP contribution in [0.15, 0.2) is 41.2 Å². The molecule has 106 valence electrons. The summed E-state index contributed by atoms with van der Waals surface area (Å²) in [4.78, 5) is 15.0. The number of nitrogens with zero attached hydrogens (tertiary/aromatic N) is 2. The maximum atomic E-state index is 12.2. The Morgan fingerprint density at radius 2 is 2.10 bits per heavy atom. The predicted molar refractivity (Wildman–Crippen MR) is 82.4 cm³/mol. The first-order valence-electron chi connectivity index (χ1n) is 6.14. The Morgan fingerprint density at radius 3 is 2.76 bits per heavy atom. The number of pyridine rings is 1. The maximum absolute atomic E-state index is 12.2. The molecule has 0 aliphatic heterocycles. The fourth-order valence-corrected chi connectivity index (χ4v) is 2.58. The van der Waals surface area contributed by atoms with E-state index < -0.39 is 0 Å². The summed E-state index contributed by atoms with van der Waals surface area (Å²) in [6.07, 6.45) is 0. The van der Waals surface area contributed by atoms with Gasteiger partial charge in [-0.2, -0.15) is 0 Å². The van der Waals surface area contributed by atoms with Crippen molar-refractivity contribution in [3.05, 3.63) is 46.8 Å². The fraction of sp³-hybridized carbons (Fsp3) is 0.0714. The third kappa shape index (κ3) is 2.63. The van der Waals surface area contributed by atoms with Crippen LogP contribution in [0, 0.1) is 0 Å². The molecule has 0 unspecified atom stereocenters. The first kappa shape index (κ1) is 13.3. The van der Waals surface area contributed by atoms with Gasteiger partial charge >= 0.3 is 0 Å². The van der Waals surface area contributed by atoms with E-state index in [-0.39, 0.29) is 5.56 Å². The van der Waals surface area contributed by atoms with Crippen molar-refractivity contribution in [2.24, 2.45) is 0 Å². The number of rotatable bonds is 3. The highest BCUT2D eigenvalue weighted by molar-refractivity contribution is 7.18. The standard InChI is InChI=1S/C14H12N4O2S/c1-20-9-4-2-3-8(7-9)11-6-5-10(12(19)16-11)13-17-18-14(15)21-13/h2-7H,1H3,(H2,15,18)(H,16,19). The van der Waals surface area contributed by atoms with Gasteiger partial charge in [0.2, 0.25) is 5.13 Å². The summed E-state index contributed by atoms with van der Waals surface area (Å²) in [5, 5.41) is 8.43. The zero-order chi connectivity index (χ0) is 14.8. The molecule has 3 N–H and O–H groups in total. The van der Waals surface area contributed by atoms with E-state index in [0.29, 0.717) is 21.4 Å². The van der Waals surface area contributed by atoms with Gasteiger partial charge in [0.05, 0.1) is 12.7 Å². The van der Waals surface area contributed by atoms with Crippen LogP contribution in [0.25, 0.3) is 21.8 Å². The van der Waals surface area contributed by atoms with Gasteiger partial charge in [-0.25, -0.2) is 0 Å². The lowest BCUT2D eigenvalue weighted by Crippen LogP contribution is -2.09. The number of nitrogen functional groups attached to an aromatic ring is 1. The number of hydrogen-bond acceptors (Lipinski definition) is 6. The minimum Gasteiger partial charge on any atom is -0.497 e. The zero-order valence-corrected chi connectivity index (χ0v) is 12.0. The monoisotopic (exact) mass is 300 g/mol. The van der Waals surface area contributed by atoms with Gasteiger partial charge in [0.25, 0.3) is 5.56 Å². The first-order valence-corrected chi connectivity index (χ1v) is 6.96. The SMILES string of the molecule is COc1cccc(-c2ccc(-c3nnc(N)s3)c(=O)[nH]2)c1. The molecule has 21 heavy (non-hydrogen) atoms. The highest BCUT2D eigenvalue weighted by atomic mass is 32.1. The predicted octanol–water partition coefficient (Wildman–Crippen LogP) is 2.15. The van der Waals surface area contributed by atoms with Crippen LogP contribution >= 0.6 is 11.3 Å². The number of methoxy groups -OCH3 is 1. The van der Waals surface area contributed by atoms with Crippen molar-refractivity contribution in [2.45, 2.75) is 0 Å². The summed E-state index contributed by atoms with van der Waals surface area (Å²) >= 11 is 1.18. The Kier molecular flexibility index (Phi) is 3.41. The van der Waals surface area contributed by atoms with Crippen molar-refractivity contribution in [1.82, 2.24) is 15.2 Å². The number of anilines is 1. The minimum atomic E-state index is -0.230. The van der Waals surface area contributed by atoms with Crippen molar-refractivity contribution in [3.8, 4) is 27.6 Å². The second kappa shape index (κ2) is 5.37. The Bertz CT molecular complexity index is 841. The molecule has 0 saturated carbocycles. The van der Waals surface area contributed by atoms with Gasteiger partial charge < -0.3 is 15.5 Å². The molecular formula is C14H12N4O2S. The number of aromatic amines is 1. The Hall–Kier alpha value is -2.67. The smallest absolute Gasteiger partial charge is 0.258 e. The summed E-state index contributed by atoms with van der Waals surface area (Å²) in [7, 11) is 1.60. The van der Waals surface area contributed by atoms with Gasteiger partial charge in [-0.3, -0.25) is 4.79 Å². The van der Waals surface area contributed by atoms with Crippen LogP contribution in [-0.4, -0.2) is 22.3 Å². The molecule has 0 amide bonds. The van der Waals surface area contributed by atoms with Crippen molar-refractivity contribution >= 4 is 16.5 Å². The van der Waals surface area contributed by atoms with Crippen LogP contribution < -0.4 is 16.0 Å². The van der Waals surface area contributed by atoms with Crippen LogP contribution in [0.4, 0.5) is 5.13 Å². The van der Waals surface area contributed by atoms with Crippen molar-refractivity contribution < 1.29 is 4.74 Å². The van der Waals surface area contributed by atoms with Gasteiger partial charge in [-0.15, -0.1) is 10.2 Å². The lowest BCUT2D eigenvalue weighted by molar-refractivity contribution is 0.415. The third-order valence-corrected chi connectivity index (χ3v) is 3.75. The van der Waals surface area contributed by atoms with Crippen LogP contribution in [0.1, 0.15) is 0 Å². The summed E-state index contributed by atoms with van der Waals surface area (Å²) in [5.41, 5.74) is 7.34. The summed E-state index contributed by atoms with van der Waals surface area (Å²) in [6, 6.07) is 11.0. The number of benzene rings is 1. The summed E-state index contributed by atoms with van der Waals surface area (Å²) < 4.78 is 5.18. The second-order valence-corrected chi connectivity index (χ2v) is 5.30. The Balaban J connectivity index is 2.03. The Morgan fingerprint density at radius 1 is 1.24 bits per heavy atom. The number of nitrogens with two attached hydrogens (primary N) is 1. The molecule has 0 spiro atoms. The van der Waals surface area contributed by atoms with Gasteiger partial charge in [0.15, 0.2) is 5.01 Å². The van der Waals surface area contributed by atoms with E-state index in [2.05, 4.69) is 15.2 Å². The molecule has 7 heteroatoms. The maximum Gasteiger partial charge on any atom is 0.258 e. The van der Waals surface area contributed by atoms with Crippen molar-refractivity contribution in [3.63, 3.8) is 0 Å². The molecule has 0 saturated heterocycles. The molecule has 2 aromatic heterocycles. The second-order valence-electron chi connectivity index (χ2n) is 4.29. The zero-order valence-electron chi connectivity index (χ0n) is 11.2. The fourth-order valence-electron chi connectivity index (χ4n) is 1.94. The van der Waals surface area contributed by atoms with Gasteiger partial charge in [0.1, 0.15) is 5.75 Å². The van der Waals surface area contributed by atoms with Gasteiger partial charge in [0, 0.05) is 11.3 Å². The van der Waals surface area contributed by atoms with Crippen LogP contribution in [0.2, 0.25) is 0 Å². The summed E-state index contributed by atoms with van der Waals surface area (Å²) in [6.45, 7) is 0. The molecular weight excluding hydrogens is 288 g/mol. The largest absolute Gasteiger partial charge is 0.497 e. The van der Waals surface area contributed by atoms with E-state index in [9.17, 15) is 4.79 Å². The number of nitrogens with one attached hydrogen (secondary N) is 1. The Labute approximate surface area is 124 Å². The normalized spacial score (nSPS) is 10.5. The van der Waals surface area contributed by atoms with E-state index in [1.54, 1.807) is 13.2 Å². The van der Waals surface area contributed by atoms with Gasteiger partial charge in [-0.1, -0.05) is 23.5 Å². The van der Waals surface area contributed by atoms with E-state index in [4.69, 9.17) is 10.5 Å². The number of H-pyrrole nitrogens is 1. The third-order valence-electron chi connectivity index (χ3n) is 2.96. The highest BCUT2D eigenvalue weighted by Crippen LogP contribution is 2.25. The quantitative estimate of drug-likeness (QED) is 0.773. The topological polar surface area (TPSA) is 93.9 Å².